The topological polar surface area (TPSA) is 26.3 Å². The second kappa shape index (κ2) is 19.5. The molecule has 0 aromatic heterocycles. The van der Waals surface area contributed by atoms with Crippen molar-refractivity contribution in [1.29, 1.82) is 0 Å². The summed E-state index contributed by atoms with van der Waals surface area (Å²) in [5.74, 6) is -0.352. The highest BCUT2D eigenvalue weighted by Crippen LogP contribution is 2.28. The Morgan fingerprint density at radius 1 is 0.862 bits per heavy atom. The van der Waals surface area contributed by atoms with Crippen LogP contribution in [0, 0.1) is 0 Å². The molecule has 0 unspecified atom stereocenters. The van der Waals surface area contributed by atoms with Gasteiger partial charge in [0.05, 0.1) is 27.5 Å². The van der Waals surface area contributed by atoms with Gasteiger partial charge in [-0.1, -0.05) is 68.5 Å². The van der Waals surface area contributed by atoms with Crippen LogP contribution in [0.3, 0.4) is 0 Å². The van der Waals surface area contributed by atoms with Crippen molar-refractivity contribution in [3.63, 3.8) is 0 Å². The summed E-state index contributed by atoms with van der Waals surface area (Å²) in [5.41, 5.74) is 1.83. The van der Waals surface area contributed by atoms with Crippen molar-refractivity contribution in [3.05, 3.63) is 64.7 Å². The first-order valence-corrected chi connectivity index (χ1v) is 9.55. The molecular weight excluding hydrogens is 435 g/mol. The number of carbonyl (C=O) groups excluding carboxylic acids is 1. The second-order valence-corrected chi connectivity index (χ2v) is 6.93. The van der Waals surface area contributed by atoms with E-state index in [1.54, 1.807) is 6.07 Å². The molecule has 0 atom stereocenters. The second-order valence-electron chi connectivity index (χ2n) is 5.75. The third-order valence-corrected chi connectivity index (χ3v) is 5.01. The lowest BCUT2D eigenvalue weighted by molar-refractivity contribution is 0.0768. The molecule has 0 fully saturated rings. The zero-order chi connectivity index (χ0) is 17.2. The van der Waals surface area contributed by atoms with Gasteiger partial charge in [-0.25, -0.2) is 4.79 Å². The van der Waals surface area contributed by atoms with E-state index in [9.17, 15) is 4.79 Å². The zero-order valence-electron chi connectivity index (χ0n) is 16.0. The maximum Gasteiger partial charge on any atom is 0.350 e. The van der Waals surface area contributed by atoms with Crippen molar-refractivity contribution in [1.82, 2.24) is 0 Å². The summed E-state index contributed by atoms with van der Waals surface area (Å²) < 4.78 is 5.25. The normalized spacial score (nSPS) is 8.76. The van der Waals surface area contributed by atoms with Gasteiger partial charge in [-0.2, -0.15) is 0 Å². The Kier molecular flexibility index (Phi) is 23.3. The van der Waals surface area contributed by atoms with Gasteiger partial charge >= 0.3 is 5.97 Å². The maximum atomic E-state index is 12.1. The van der Waals surface area contributed by atoms with Gasteiger partial charge in [-0.05, 0) is 42.7 Å². The number of rotatable bonds is 9. The Morgan fingerprint density at radius 3 is 2.03 bits per heavy atom. The van der Waals surface area contributed by atoms with Gasteiger partial charge in [0.15, 0.2) is 0 Å². The predicted molar refractivity (Wildman–Crippen MR) is 114 cm³/mol. The van der Waals surface area contributed by atoms with Crippen LogP contribution in [0.1, 0.15) is 54.9 Å². The van der Waals surface area contributed by atoms with Crippen molar-refractivity contribution < 1.29 is 32.5 Å². The molecule has 0 amide bonds. The fourth-order valence-corrected chi connectivity index (χ4v) is 3.16. The van der Waals surface area contributed by atoms with Gasteiger partial charge in [0.2, 0.25) is 0 Å². The van der Waals surface area contributed by atoms with Crippen LogP contribution in [0.4, 0.5) is 23.5 Å². The quantitative estimate of drug-likeness (QED) is 0.219. The SMILES string of the molecule is CCCCCCCc1ccc(C(=O)OSc2ccccc2Cl)cc1.F.F.F.F.F. The van der Waals surface area contributed by atoms with Gasteiger partial charge in [0, 0.05) is 0 Å². The molecule has 2 rings (SSSR count). The molecule has 9 heteroatoms. The average molecular weight is 463 g/mol. The van der Waals surface area contributed by atoms with Crippen LogP contribution < -0.4 is 0 Å². The summed E-state index contributed by atoms with van der Waals surface area (Å²) in [6, 6.07) is 15.0. The fourth-order valence-electron chi connectivity index (χ4n) is 2.38. The molecule has 0 saturated carbocycles. The highest BCUT2D eigenvalue weighted by atomic mass is 35.5. The Balaban J connectivity index is -0.000000625. The molecule has 0 spiro atoms. The van der Waals surface area contributed by atoms with Crippen molar-refractivity contribution in [2.45, 2.75) is 50.3 Å². The minimum atomic E-state index is -0.352. The number of aryl methyl sites for hydroxylation is 1. The van der Waals surface area contributed by atoms with E-state index in [2.05, 4.69) is 6.92 Å². The number of hydrogen-bond acceptors (Lipinski definition) is 3. The summed E-state index contributed by atoms with van der Waals surface area (Å²) in [6.07, 6.45) is 7.42. The molecular formula is C20H28ClF5O2S. The first kappa shape index (κ1) is 34.7. The van der Waals surface area contributed by atoms with Crippen molar-refractivity contribution in [3.8, 4) is 0 Å². The molecule has 2 nitrogen and oxygen atoms in total. The third kappa shape index (κ3) is 12.4. The summed E-state index contributed by atoms with van der Waals surface area (Å²) in [5, 5.41) is 0.578. The molecule has 0 aliphatic rings. The van der Waals surface area contributed by atoms with Gasteiger partial charge in [0.1, 0.15) is 0 Å². The Hall–Kier alpha value is -1.80. The molecule has 0 heterocycles. The largest absolute Gasteiger partial charge is 0.382 e. The van der Waals surface area contributed by atoms with E-state index in [0.717, 1.165) is 23.4 Å². The number of halogens is 6. The lowest BCUT2D eigenvalue weighted by atomic mass is 10.0. The lowest BCUT2D eigenvalue weighted by Gasteiger charge is -2.06. The van der Waals surface area contributed by atoms with E-state index in [1.165, 1.54) is 37.7 Å². The average Bonchev–Trinajstić information content (AvgIpc) is 2.61. The van der Waals surface area contributed by atoms with Crippen molar-refractivity contribution in [2.24, 2.45) is 0 Å². The molecule has 2 aromatic rings. The summed E-state index contributed by atoms with van der Waals surface area (Å²) in [4.78, 5) is 12.8. The third-order valence-electron chi connectivity index (χ3n) is 3.80. The molecule has 0 aliphatic heterocycles. The van der Waals surface area contributed by atoms with Crippen LogP contribution in [0.5, 0.6) is 0 Å². The first-order chi connectivity index (χ1) is 11.7. The molecule has 2 aromatic carbocycles. The summed E-state index contributed by atoms with van der Waals surface area (Å²) in [6.45, 7) is 2.22. The smallest absolute Gasteiger partial charge is 0.350 e. The van der Waals surface area contributed by atoms with E-state index >= 15 is 0 Å². The molecule has 0 N–H and O–H groups in total. The molecule has 29 heavy (non-hydrogen) atoms. The minimum absolute atomic E-state index is 0. The number of carbonyl (C=O) groups is 1. The van der Waals surface area contributed by atoms with Crippen LogP contribution in [0.15, 0.2) is 53.4 Å². The van der Waals surface area contributed by atoms with Gasteiger partial charge in [-0.3, -0.25) is 23.5 Å². The van der Waals surface area contributed by atoms with Crippen LogP contribution in [0.25, 0.3) is 0 Å². The monoisotopic (exact) mass is 462 g/mol. The summed E-state index contributed by atoms with van der Waals surface area (Å²) in [7, 11) is 0. The maximum absolute atomic E-state index is 12.1. The van der Waals surface area contributed by atoms with Crippen molar-refractivity contribution >= 4 is 29.6 Å². The van der Waals surface area contributed by atoms with Gasteiger partial charge in [-0.15, -0.1) is 0 Å². The zero-order valence-corrected chi connectivity index (χ0v) is 17.6. The van der Waals surface area contributed by atoms with E-state index in [0.29, 0.717) is 10.6 Å². The standard InChI is InChI=1S/C20H23ClO2S.5FH/c1-2-3-4-5-6-9-16-12-14-17(15-13-16)20(22)23-24-19-11-8-7-10-18(19)21;;;;;/h7-8,10-15H,2-6,9H2,1H3;5*1H. The number of benzene rings is 2. The van der Waals surface area contributed by atoms with Gasteiger partial charge < -0.3 is 4.18 Å². The highest BCUT2D eigenvalue weighted by molar-refractivity contribution is 7.95. The molecule has 0 aliphatic carbocycles. The Labute approximate surface area is 177 Å². The van der Waals surface area contributed by atoms with Crippen LogP contribution in [-0.4, -0.2) is 5.97 Å². The minimum Gasteiger partial charge on any atom is -0.382 e. The van der Waals surface area contributed by atoms with Crippen LogP contribution in [0.2, 0.25) is 5.02 Å². The molecule has 0 saturated heterocycles. The molecule has 0 radical (unpaired) electrons. The number of hydrogen-bond donors (Lipinski definition) is 0. The molecule has 168 valence electrons. The fraction of sp³-hybridized carbons (Fsp3) is 0.350. The van der Waals surface area contributed by atoms with E-state index in [4.69, 9.17) is 15.8 Å². The molecule has 0 bridgehead atoms. The van der Waals surface area contributed by atoms with Crippen LogP contribution in [-0.2, 0) is 10.6 Å². The Bertz CT molecular complexity index is 660. The van der Waals surface area contributed by atoms with E-state index < -0.39 is 0 Å². The Morgan fingerprint density at radius 2 is 1.45 bits per heavy atom. The number of unbranched alkanes of at least 4 members (excludes halogenated alkanes) is 4. The first-order valence-electron chi connectivity index (χ1n) is 8.43. The van der Waals surface area contributed by atoms with Crippen LogP contribution >= 0.6 is 23.6 Å². The van der Waals surface area contributed by atoms with Gasteiger partial charge in [0.25, 0.3) is 0 Å². The van der Waals surface area contributed by atoms with E-state index in [1.807, 2.05) is 42.5 Å². The summed E-state index contributed by atoms with van der Waals surface area (Å²) >= 11 is 7.04. The van der Waals surface area contributed by atoms with E-state index in [-0.39, 0.29) is 29.5 Å². The predicted octanol–water partition coefficient (Wildman–Crippen LogP) is 7.48. The lowest BCUT2D eigenvalue weighted by Crippen LogP contribution is -2.00. The highest BCUT2D eigenvalue weighted by Gasteiger charge is 2.10. The van der Waals surface area contributed by atoms with Crippen molar-refractivity contribution in [2.75, 3.05) is 0 Å².